The van der Waals surface area contributed by atoms with Crippen LogP contribution in [0.15, 0.2) is 55.9 Å². The van der Waals surface area contributed by atoms with Gasteiger partial charge in [0.2, 0.25) is 0 Å². The summed E-state index contributed by atoms with van der Waals surface area (Å²) in [6.07, 6.45) is -2.59. The van der Waals surface area contributed by atoms with E-state index in [0.717, 1.165) is 14.4 Å². The molecular weight excluding hydrogens is 380 g/mol. The Morgan fingerprint density at radius 3 is 2.50 bits per heavy atom. The number of H-pyrrole nitrogens is 1. The highest BCUT2D eigenvalue weighted by Gasteiger charge is 2.47. The molecule has 0 amide bonds. The molecule has 138 valence electrons. The van der Waals surface area contributed by atoms with Crippen LogP contribution in [0.1, 0.15) is 6.23 Å². The quantitative estimate of drug-likeness (QED) is 0.679. The highest BCUT2D eigenvalue weighted by atomic mass is 32.2. The van der Waals surface area contributed by atoms with E-state index in [0.29, 0.717) is 0 Å². The fourth-order valence-corrected chi connectivity index (χ4v) is 5.52. The summed E-state index contributed by atoms with van der Waals surface area (Å²) >= 11 is 3.03. The number of aliphatic hydroxyl groups is 2. The van der Waals surface area contributed by atoms with Crippen LogP contribution in [0.2, 0.25) is 0 Å². The highest BCUT2D eigenvalue weighted by Crippen LogP contribution is 2.49. The normalized spacial score (nSPS) is 28.4. The third-order valence-electron chi connectivity index (χ3n) is 4.18. The van der Waals surface area contributed by atoms with E-state index in [1.54, 1.807) is 0 Å². The molecule has 3 N–H and O–H groups in total. The molecule has 10 heteroatoms. The third-order valence-corrected chi connectivity index (χ3v) is 6.71. The van der Waals surface area contributed by atoms with Crippen molar-refractivity contribution in [2.45, 2.75) is 39.1 Å². The summed E-state index contributed by atoms with van der Waals surface area (Å²) in [5, 5.41) is 20.2. The van der Waals surface area contributed by atoms with E-state index in [2.05, 4.69) is 4.98 Å². The Bertz CT molecular complexity index is 891. The van der Waals surface area contributed by atoms with E-state index in [9.17, 15) is 19.8 Å². The molecule has 8 nitrogen and oxygen atoms in total. The number of rotatable bonds is 4. The number of nitrogens with one attached hydrogen (secondary N) is 1. The van der Waals surface area contributed by atoms with E-state index in [1.807, 2.05) is 24.3 Å². The first-order valence-corrected chi connectivity index (χ1v) is 9.66. The number of nitrogens with zero attached hydrogens (tertiary/aromatic N) is 1. The van der Waals surface area contributed by atoms with Crippen LogP contribution in [0, 0.1) is 0 Å². The maximum atomic E-state index is 12.0. The molecule has 0 saturated carbocycles. The number of hydrogen-bond acceptors (Lipinski definition) is 8. The minimum atomic E-state index is -1.18. The molecule has 2 aliphatic rings. The Labute approximate surface area is 156 Å². The molecule has 1 aromatic heterocycles. The summed E-state index contributed by atoms with van der Waals surface area (Å²) in [5.41, 5.74) is -1.24. The molecule has 0 spiro atoms. The number of ether oxygens (including phenoxy) is 2. The van der Waals surface area contributed by atoms with Crippen LogP contribution in [0.3, 0.4) is 0 Å². The average Bonchev–Trinajstić information content (AvgIpc) is 3.17. The molecule has 1 aromatic carbocycles. The summed E-state index contributed by atoms with van der Waals surface area (Å²) < 4.78 is 12.4. The number of hydrogen-bond donors (Lipinski definition) is 3. The number of aliphatic hydroxyl groups excluding tert-OH is 2. The van der Waals surface area contributed by atoms with Crippen LogP contribution in [0.4, 0.5) is 0 Å². The number of aromatic amines is 1. The van der Waals surface area contributed by atoms with E-state index in [4.69, 9.17) is 9.47 Å². The maximum absolute atomic E-state index is 12.0. The van der Waals surface area contributed by atoms with Crippen molar-refractivity contribution < 1.29 is 19.7 Å². The zero-order valence-corrected chi connectivity index (χ0v) is 15.0. The number of thioether (sulfide) groups is 2. The number of aromatic nitrogens is 2. The standard InChI is InChI=1S/C16H16N2O6S2/c19-7-8-13(24-16-25-9-3-1-2-4-10(9)26-16)12(21)14(23-8)18-6-5-11(20)17-15(18)22/h1-6,8,12-14,16,19,21H,7H2,(H,17,20,22)/t8-,12+,13?,14-/m1/s1. The topological polar surface area (TPSA) is 114 Å². The second kappa shape index (κ2) is 7.22. The Hall–Kier alpha value is -1.56. The van der Waals surface area contributed by atoms with E-state index >= 15 is 0 Å². The van der Waals surface area contributed by atoms with Gasteiger partial charge in [0.1, 0.15) is 18.3 Å². The lowest BCUT2D eigenvalue weighted by Crippen LogP contribution is -2.39. The first-order valence-electron chi connectivity index (χ1n) is 7.90. The van der Waals surface area contributed by atoms with Gasteiger partial charge in [-0.2, -0.15) is 0 Å². The fourth-order valence-electron chi connectivity index (χ4n) is 2.95. The first kappa shape index (κ1) is 17.8. The molecule has 2 aromatic rings. The zero-order chi connectivity index (χ0) is 18.3. The smallest absolute Gasteiger partial charge is 0.330 e. The SMILES string of the molecule is O=c1ccn([C@@H]2O[C@H](CO)C(OC3Sc4ccccc4S3)[C@@H]2O)c(=O)[nH]1. The van der Waals surface area contributed by atoms with Crippen LogP contribution in [0.25, 0.3) is 0 Å². The summed E-state index contributed by atoms with van der Waals surface area (Å²) in [4.78, 5) is 27.5. The molecule has 4 rings (SSSR count). The van der Waals surface area contributed by atoms with Crippen LogP contribution in [-0.2, 0) is 9.47 Å². The van der Waals surface area contributed by atoms with Crippen molar-refractivity contribution in [2.24, 2.45) is 0 Å². The molecule has 0 radical (unpaired) electrons. The van der Waals surface area contributed by atoms with Crippen molar-refractivity contribution in [3.63, 3.8) is 0 Å². The molecular formula is C16H16N2O6S2. The Kier molecular flexibility index (Phi) is 4.95. The van der Waals surface area contributed by atoms with Crippen LogP contribution in [-0.4, -0.2) is 49.5 Å². The number of fused-ring (bicyclic) bond motifs is 1. The van der Waals surface area contributed by atoms with Crippen molar-refractivity contribution in [2.75, 3.05) is 6.61 Å². The molecule has 3 heterocycles. The van der Waals surface area contributed by atoms with Gasteiger partial charge in [-0.1, -0.05) is 35.7 Å². The van der Waals surface area contributed by atoms with Gasteiger partial charge in [-0.3, -0.25) is 14.3 Å². The molecule has 26 heavy (non-hydrogen) atoms. The van der Waals surface area contributed by atoms with Crippen molar-refractivity contribution in [1.82, 2.24) is 9.55 Å². The zero-order valence-electron chi connectivity index (χ0n) is 13.3. The fraction of sp³-hybridized carbons (Fsp3) is 0.375. The second-order valence-corrected chi connectivity index (χ2v) is 8.33. The Morgan fingerprint density at radius 2 is 1.88 bits per heavy atom. The van der Waals surface area contributed by atoms with Gasteiger partial charge in [0.15, 0.2) is 11.0 Å². The minimum absolute atomic E-state index is 0.296. The van der Waals surface area contributed by atoms with Gasteiger partial charge in [-0.25, -0.2) is 4.79 Å². The second-order valence-electron chi connectivity index (χ2n) is 5.83. The van der Waals surface area contributed by atoms with E-state index < -0.39 is 35.8 Å². The minimum Gasteiger partial charge on any atom is -0.394 e. The van der Waals surface area contributed by atoms with E-state index in [-0.39, 0.29) is 11.4 Å². The van der Waals surface area contributed by atoms with Crippen LogP contribution < -0.4 is 11.2 Å². The predicted octanol–water partition coefficient (Wildman–Crippen LogP) is 0.354. The largest absolute Gasteiger partial charge is 0.394 e. The monoisotopic (exact) mass is 396 g/mol. The van der Waals surface area contributed by atoms with E-state index in [1.165, 1.54) is 35.8 Å². The van der Waals surface area contributed by atoms with Crippen molar-refractivity contribution >= 4 is 23.5 Å². The average molecular weight is 396 g/mol. The predicted molar refractivity (Wildman–Crippen MR) is 95.1 cm³/mol. The van der Waals surface area contributed by atoms with Gasteiger partial charge >= 0.3 is 5.69 Å². The lowest BCUT2D eigenvalue weighted by Gasteiger charge is -2.22. The van der Waals surface area contributed by atoms with Crippen LogP contribution in [0.5, 0.6) is 0 Å². The molecule has 1 unspecified atom stereocenters. The molecule has 0 bridgehead atoms. The maximum Gasteiger partial charge on any atom is 0.330 e. The summed E-state index contributed by atoms with van der Waals surface area (Å²) in [6, 6.07) is 9.03. The third kappa shape index (κ3) is 3.24. The highest BCUT2D eigenvalue weighted by molar-refractivity contribution is 8.19. The summed E-state index contributed by atoms with van der Waals surface area (Å²) in [7, 11) is 0. The summed E-state index contributed by atoms with van der Waals surface area (Å²) in [6.45, 7) is -0.370. The lowest BCUT2D eigenvalue weighted by molar-refractivity contribution is -0.0591. The van der Waals surface area contributed by atoms with Crippen LogP contribution >= 0.6 is 23.5 Å². The summed E-state index contributed by atoms with van der Waals surface area (Å²) in [5.74, 6) is 0. The van der Waals surface area contributed by atoms with Gasteiger partial charge in [0.05, 0.1) is 6.61 Å². The van der Waals surface area contributed by atoms with Gasteiger partial charge in [0, 0.05) is 22.1 Å². The molecule has 1 fully saturated rings. The van der Waals surface area contributed by atoms with Gasteiger partial charge in [0.25, 0.3) is 5.56 Å². The van der Waals surface area contributed by atoms with Crippen molar-refractivity contribution in [1.29, 1.82) is 0 Å². The molecule has 4 atom stereocenters. The van der Waals surface area contributed by atoms with Crippen molar-refractivity contribution in [3.8, 4) is 0 Å². The van der Waals surface area contributed by atoms with Gasteiger partial charge in [-0.05, 0) is 12.1 Å². The lowest BCUT2D eigenvalue weighted by atomic mass is 10.1. The van der Waals surface area contributed by atoms with Gasteiger partial charge in [-0.15, -0.1) is 0 Å². The molecule has 2 aliphatic heterocycles. The number of benzene rings is 1. The molecule has 1 saturated heterocycles. The Morgan fingerprint density at radius 1 is 1.19 bits per heavy atom. The van der Waals surface area contributed by atoms with Crippen molar-refractivity contribution in [3.05, 3.63) is 57.4 Å². The molecule has 0 aliphatic carbocycles. The Balaban J connectivity index is 1.53. The first-order chi connectivity index (χ1) is 12.6. The van der Waals surface area contributed by atoms with Gasteiger partial charge < -0.3 is 19.7 Å².